The minimum Gasteiger partial charge on any atom is -0.386 e. The van der Waals surface area contributed by atoms with E-state index in [1.54, 1.807) is 12.2 Å². The first kappa shape index (κ1) is 24.3. The molecule has 1 aromatic carbocycles. The second-order valence-corrected chi connectivity index (χ2v) is 9.96. The zero-order valence-corrected chi connectivity index (χ0v) is 20.0. The van der Waals surface area contributed by atoms with E-state index in [1.165, 1.54) is 0 Å². The Morgan fingerprint density at radius 3 is 2.29 bits per heavy atom. The fraction of sp³-hybridized carbons (Fsp3) is 0.680. The van der Waals surface area contributed by atoms with Crippen molar-refractivity contribution in [2.24, 2.45) is 0 Å². The molecule has 1 N–H and O–H groups in total. The summed E-state index contributed by atoms with van der Waals surface area (Å²) in [4.78, 5) is 0. The summed E-state index contributed by atoms with van der Waals surface area (Å²) >= 11 is 0. The Bertz CT molecular complexity index is 857. The van der Waals surface area contributed by atoms with Gasteiger partial charge in [0.2, 0.25) is 0 Å². The van der Waals surface area contributed by atoms with Crippen LogP contribution in [0.4, 0.5) is 0 Å². The number of ether oxygens (including phenoxy) is 8. The molecule has 34 heavy (non-hydrogen) atoms. The molecular weight excluding hydrogens is 444 g/mol. The third kappa shape index (κ3) is 5.38. The summed E-state index contributed by atoms with van der Waals surface area (Å²) in [5, 5.41) is 10.3. The maximum absolute atomic E-state index is 10.3. The first-order valence-corrected chi connectivity index (χ1v) is 11.8. The summed E-state index contributed by atoms with van der Waals surface area (Å²) in [6.45, 7) is 8.30. The van der Waals surface area contributed by atoms with Gasteiger partial charge < -0.3 is 43.0 Å². The topological polar surface area (TPSA) is 94.1 Å². The highest BCUT2D eigenvalue weighted by Gasteiger charge is 2.60. The molecule has 0 spiro atoms. The molecule has 9 nitrogen and oxygen atoms in total. The maximum Gasteiger partial charge on any atom is 0.190 e. The molecule has 4 heterocycles. The van der Waals surface area contributed by atoms with E-state index in [9.17, 15) is 5.11 Å². The molecule has 0 radical (unpaired) electrons. The molecule has 0 amide bonds. The second kappa shape index (κ2) is 9.57. The molecule has 8 atom stereocenters. The van der Waals surface area contributed by atoms with E-state index in [4.69, 9.17) is 37.9 Å². The molecule has 5 rings (SSSR count). The Kier molecular flexibility index (Phi) is 6.84. The van der Waals surface area contributed by atoms with Gasteiger partial charge in [-0.2, -0.15) is 0 Å². The SMILES string of the molecule is CC1(C)O[C@H]2[C@@H](O1)[C@@H](CO[C@H]1C=C[C@@H](O)[C@@H](COCc3ccccc3)O1)O[C@@H]1OC(C)(C)O[C@@H]12. The van der Waals surface area contributed by atoms with Crippen LogP contribution in [0.25, 0.3) is 0 Å². The minimum absolute atomic E-state index is 0.191. The summed E-state index contributed by atoms with van der Waals surface area (Å²) in [6, 6.07) is 9.85. The van der Waals surface area contributed by atoms with Crippen molar-refractivity contribution in [2.45, 2.75) is 95.1 Å². The van der Waals surface area contributed by atoms with Crippen molar-refractivity contribution in [2.75, 3.05) is 13.2 Å². The number of hydrogen-bond donors (Lipinski definition) is 1. The fourth-order valence-electron chi connectivity index (χ4n) is 4.74. The highest BCUT2D eigenvalue weighted by atomic mass is 16.9. The number of aliphatic hydroxyl groups is 1. The molecule has 4 aliphatic heterocycles. The van der Waals surface area contributed by atoms with Gasteiger partial charge in [-0.1, -0.05) is 36.4 Å². The number of hydrogen-bond acceptors (Lipinski definition) is 9. The van der Waals surface area contributed by atoms with Gasteiger partial charge >= 0.3 is 0 Å². The average molecular weight is 479 g/mol. The standard InChI is InChI=1S/C25H34O9/c1-24(2)31-20-18(30-23-22(21(20)32-24)33-25(3,4)34-23)14-28-19-11-10-16(26)17(29-19)13-27-12-15-8-6-5-7-9-15/h5-11,16-23,26H,12-14H2,1-4H3/t16-,17-,18-,19-,20+,21+,22-,23-/m1/s1. The number of benzene rings is 1. The van der Waals surface area contributed by atoms with E-state index in [2.05, 4.69) is 0 Å². The van der Waals surface area contributed by atoms with Gasteiger partial charge in [-0.25, -0.2) is 0 Å². The lowest BCUT2D eigenvalue weighted by molar-refractivity contribution is -0.259. The van der Waals surface area contributed by atoms with Crippen molar-refractivity contribution in [1.29, 1.82) is 0 Å². The van der Waals surface area contributed by atoms with Gasteiger partial charge in [0.15, 0.2) is 24.2 Å². The summed E-state index contributed by atoms with van der Waals surface area (Å²) in [6.07, 6.45) is -0.731. The van der Waals surface area contributed by atoms with Crippen molar-refractivity contribution in [1.82, 2.24) is 0 Å². The predicted octanol–water partition coefficient (Wildman–Crippen LogP) is 2.26. The summed E-state index contributed by atoms with van der Waals surface area (Å²) in [5.41, 5.74) is 1.06. The number of rotatable bonds is 7. The summed E-state index contributed by atoms with van der Waals surface area (Å²) < 4.78 is 48.1. The van der Waals surface area contributed by atoms with Crippen molar-refractivity contribution in [3.05, 3.63) is 48.0 Å². The lowest BCUT2D eigenvalue weighted by Crippen LogP contribution is -2.56. The van der Waals surface area contributed by atoms with Gasteiger partial charge in [-0.15, -0.1) is 0 Å². The molecule has 0 aromatic heterocycles. The Labute approximate surface area is 199 Å². The summed E-state index contributed by atoms with van der Waals surface area (Å²) in [7, 11) is 0. The molecule has 0 unspecified atom stereocenters. The van der Waals surface area contributed by atoms with E-state index in [-0.39, 0.29) is 31.5 Å². The molecule has 9 heteroatoms. The first-order valence-electron chi connectivity index (χ1n) is 11.8. The third-order valence-electron chi connectivity index (χ3n) is 6.22. The van der Waals surface area contributed by atoms with Crippen molar-refractivity contribution < 1.29 is 43.0 Å². The van der Waals surface area contributed by atoms with E-state index in [0.29, 0.717) is 6.61 Å². The Morgan fingerprint density at radius 2 is 1.50 bits per heavy atom. The molecule has 0 bridgehead atoms. The lowest BCUT2D eigenvalue weighted by atomic mass is 9.99. The highest BCUT2D eigenvalue weighted by molar-refractivity contribution is 5.13. The lowest BCUT2D eigenvalue weighted by Gasteiger charge is -2.38. The molecule has 3 saturated heterocycles. The summed E-state index contributed by atoms with van der Waals surface area (Å²) in [5.74, 6) is -1.54. The number of aliphatic hydroxyl groups excluding tert-OH is 1. The van der Waals surface area contributed by atoms with Crippen LogP contribution in [0, 0.1) is 0 Å². The zero-order valence-electron chi connectivity index (χ0n) is 20.0. The normalized spacial score (nSPS) is 40.1. The predicted molar refractivity (Wildman–Crippen MR) is 118 cm³/mol. The van der Waals surface area contributed by atoms with Crippen LogP contribution >= 0.6 is 0 Å². The third-order valence-corrected chi connectivity index (χ3v) is 6.22. The van der Waals surface area contributed by atoms with Gasteiger partial charge in [0.1, 0.15) is 36.6 Å². The zero-order chi connectivity index (χ0) is 23.9. The molecule has 0 aliphatic carbocycles. The first-order chi connectivity index (χ1) is 16.2. The van der Waals surface area contributed by atoms with E-state index >= 15 is 0 Å². The van der Waals surface area contributed by atoms with E-state index < -0.39 is 42.5 Å². The average Bonchev–Trinajstić information content (AvgIpc) is 3.28. The number of fused-ring (bicyclic) bond motifs is 3. The van der Waals surface area contributed by atoms with Crippen molar-refractivity contribution in [3.8, 4) is 0 Å². The monoisotopic (exact) mass is 478 g/mol. The smallest absolute Gasteiger partial charge is 0.190 e. The van der Waals surface area contributed by atoms with Crippen LogP contribution in [0.15, 0.2) is 42.5 Å². The molecule has 1 aromatic rings. The Morgan fingerprint density at radius 1 is 0.794 bits per heavy atom. The van der Waals surface area contributed by atoms with Crippen LogP contribution in [0.1, 0.15) is 33.3 Å². The highest BCUT2D eigenvalue weighted by Crippen LogP contribution is 2.44. The van der Waals surface area contributed by atoms with Crippen LogP contribution in [-0.2, 0) is 44.5 Å². The van der Waals surface area contributed by atoms with Crippen LogP contribution in [0.3, 0.4) is 0 Å². The molecule has 188 valence electrons. The quantitative estimate of drug-likeness (QED) is 0.592. The van der Waals surface area contributed by atoms with E-state index in [0.717, 1.165) is 5.56 Å². The Balaban J connectivity index is 1.16. The largest absolute Gasteiger partial charge is 0.386 e. The van der Waals surface area contributed by atoms with Gasteiger partial charge in [0.05, 0.1) is 19.8 Å². The van der Waals surface area contributed by atoms with Crippen LogP contribution in [-0.4, -0.2) is 79.1 Å². The van der Waals surface area contributed by atoms with Crippen molar-refractivity contribution in [3.63, 3.8) is 0 Å². The second-order valence-electron chi connectivity index (χ2n) is 9.96. The fourth-order valence-corrected chi connectivity index (χ4v) is 4.74. The molecule has 0 saturated carbocycles. The van der Waals surface area contributed by atoms with Gasteiger partial charge in [0, 0.05) is 0 Å². The molecule has 3 fully saturated rings. The van der Waals surface area contributed by atoms with Crippen LogP contribution < -0.4 is 0 Å². The Hall–Kier alpha value is -1.40. The van der Waals surface area contributed by atoms with Gasteiger partial charge in [-0.3, -0.25) is 0 Å². The van der Waals surface area contributed by atoms with Crippen LogP contribution in [0.5, 0.6) is 0 Å². The van der Waals surface area contributed by atoms with Crippen molar-refractivity contribution >= 4 is 0 Å². The maximum atomic E-state index is 10.3. The van der Waals surface area contributed by atoms with Crippen LogP contribution in [0.2, 0.25) is 0 Å². The van der Waals surface area contributed by atoms with Gasteiger partial charge in [0.25, 0.3) is 0 Å². The molecule has 4 aliphatic rings. The van der Waals surface area contributed by atoms with Gasteiger partial charge in [-0.05, 0) is 39.3 Å². The molecular formula is C25H34O9. The minimum atomic E-state index is -0.774. The van der Waals surface area contributed by atoms with E-state index in [1.807, 2.05) is 58.0 Å².